The minimum atomic E-state index is -3.49. The normalized spacial score (nSPS) is 24.0. The Hall–Kier alpha value is -1.11. The third-order valence-corrected chi connectivity index (χ3v) is 7.02. The van der Waals surface area contributed by atoms with Crippen molar-refractivity contribution in [3.05, 3.63) is 23.8 Å². The van der Waals surface area contributed by atoms with Crippen molar-refractivity contribution in [2.24, 2.45) is 5.92 Å². The molecular weight excluding hydrogens is 312 g/mol. The Morgan fingerprint density at radius 1 is 1.22 bits per heavy atom. The van der Waals surface area contributed by atoms with Crippen LogP contribution in [0.2, 0.25) is 0 Å². The lowest BCUT2D eigenvalue weighted by molar-refractivity contribution is 0.233. The predicted octanol–water partition coefficient (Wildman–Crippen LogP) is 2.16. The third kappa shape index (κ3) is 3.39. The highest BCUT2D eigenvalue weighted by atomic mass is 32.2. The molecule has 1 aromatic carbocycles. The van der Waals surface area contributed by atoms with Crippen LogP contribution >= 0.6 is 0 Å². The van der Waals surface area contributed by atoms with Gasteiger partial charge in [0.2, 0.25) is 10.0 Å². The van der Waals surface area contributed by atoms with Crippen LogP contribution in [0.25, 0.3) is 0 Å². The summed E-state index contributed by atoms with van der Waals surface area (Å²) in [5, 5.41) is 3.55. The molecule has 0 radical (unpaired) electrons. The fourth-order valence-corrected chi connectivity index (χ4v) is 5.47. The number of hydrogen-bond donors (Lipinski definition) is 1. The average molecular weight is 338 g/mol. The molecule has 1 aromatic rings. The first kappa shape index (κ1) is 16.7. The van der Waals surface area contributed by atoms with E-state index < -0.39 is 10.0 Å². The van der Waals surface area contributed by atoms with Gasteiger partial charge in [-0.05, 0) is 62.8 Å². The predicted molar refractivity (Wildman–Crippen MR) is 90.2 cm³/mol. The fourth-order valence-electron chi connectivity index (χ4n) is 3.76. The van der Waals surface area contributed by atoms with E-state index in [1.165, 1.54) is 20.0 Å². The molecule has 6 heteroatoms. The van der Waals surface area contributed by atoms with E-state index in [1.807, 2.05) is 13.0 Å². The molecule has 128 valence electrons. The first-order valence-electron chi connectivity index (χ1n) is 8.40. The Balaban J connectivity index is 1.75. The SMILES string of the molecule is COc1ccc(C)cc1S(=O)(=O)N1CCC(C2CCCN2)CC1. The fraction of sp³-hybridized carbons (Fsp3) is 0.647. The molecular formula is C17H26N2O3S. The van der Waals surface area contributed by atoms with Gasteiger partial charge in [0, 0.05) is 19.1 Å². The van der Waals surface area contributed by atoms with Gasteiger partial charge < -0.3 is 10.1 Å². The number of aryl methyl sites for hydroxylation is 1. The second kappa shape index (κ2) is 6.79. The van der Waals surface area contributed by atoms with Crippen molar-refractivity contribution in [3.63, 3.8) is 0 Å². The van der Waals surface area contributed by atoms with E-state index in [1.54, 1.807) is 16.4 Å². The highest BCUT2D eigenvalue weighted by Crippen LogP contribution is 2.32. The summed E-state index contributed by atoms with van der Waals surface area (Å²) in [5.41, 5.74) is 0.925. The van der Waals surface area contributed by atoms with E-state index in [2.05, 4.69) is 5.32 Å². The third-order valence-electron chi connectivity index (χ3n) is 5.10. The van der Waals surface area contributed by atoms with Gasteiger partial charge >= 0.3 is 0 Å². The summed E-state index contributed by atoms with van der Waals surface area (Å²) in [6, 6.07) is 5.89. The molecule has 23 heavy (non-hydrogen) atoms. The highest BCUT2D eigenvalue weighted by molar-refractivity contribution is 7.89. The number of sulfonamides is 1. The number of piperidine rings is 1. The van der Waals surface area contributed by atoms with Crippen LogP contribution in [0.3, 0.4) is 0 Å². The van der Waals surface area contributed by atoms with E-state index in [9.17, 15) is 8.42 Å². The molecule has 1 N–H and O–H groups in total. The minimum absolute atomic E-state index is 0.289. The second-order valence-electron chi connectivity index (χ2n) is 6.60. The maximum atomic E-state index is 13.0. The summed E-state index contributed by atoms with van der Waals surface area (Å²) in [4.78, 5) is 0.289. The van der Waals surface area contributed by atoms with E-state index in [-0.39, 0.29) is 4.90 Å². The molecule has 2 aliphatic rings. The molecule has 1 unspecified atom stereocenters. The lowest BCUT2D eigenvalue weighted by Gasteiger charge is -2.34. The summed E-state index contributed by atoms with van der Waals surface area (Å²) < 4.78 is 32.8. The van der Waals surface area contributed by atoms with E-state index in [4.69, 9.17) is 4.74 Å². The molecule has 2 saturated heterocycles. The van der Waals surface area contributed by atoms with E-state index in [0.717, 1.165) is 24.9 Å². The lowest BCUT2D eigenvalue weighted by Crippen LogP contribution is -2.43. The van der Waals surface area contributed by atoms with Crippen LogP contribution in [0.4, 0.5) is 0 Å². The Labute approximate surface area is 139 Å². The smallest absolute Gasteiger partial charge is 0.246 e. The minimum Gasteiger partial charge on any atom is -0.495 e. The van der Waals surface area contributed by atoms with Crippen LogP contribution in [0.5, 0.6) is 5.75 Å². The number of nitrogens with zero attached hydrogens (tertiary/aromatic N) is 1. The lowest BCUT2D eigenvalue weighted by atomic mass is 9.89. The van der Waals surface area contributed by atoms with Crippen molar-refractivity contribution in [1.82, 2.24) is 9.62 Å². The number of methoxy groups -OCH3 is 1. The topological polar surface area (TPSA) is 58.6 Å². The van der Waals surface area contributed by atoms with Gasteiger partial charge in [-0.2, -0.15) is 4.31 Å². The van der Waals surface area contributed by atoms with Crippen LogP contribution < -0.4 is 10.1 Å². The van der Waals surface area contributed by atoms with E-state index >= 15 is 0 Å². The quantitative estimate of drug-likeness (QED) is 0.914. The number of rotatable bonds is 4. The van der Waals surface area contributed by atoms with Crippen molar-refractivity contribution in [1.29, 1.82) is 0 Å². The van der Waals surface area contributed by atoms with Crippen LogP contribution in [0, 0.1) is 12.8 Å². The van der Waals surface area contributed by atoms with Gasteiger partial charge in [0.15, 0.2) is 0 Å². The summed E-state index contributed by atoms with van der Waals surface area (Å²) in [7, 11) is -1.97. The summed E-state index contributed by atoms with van der Waals surface area (Å²) in [6.07, 6.45) is 4.34. The van der Waals surface area contributed by atoms with Gasteiger partial charge in [-0.3, -0.25) is 0 Å². The average Bonchev–Trinajstić information content (AvgIpc) is 3.09. The maximum absolute atomic E-state index is 13.0. The van der Waals surface area contributed by atoms with Crippen LogP contribution in [0.1, 0.15) is 31.2 Å². The van der Waals surface area contributed by atoms with Crippen molar-refractivity contribution in [2.75, 3.05) is 26.7 Å². The summed E-state index contributed by atoms with van der Waals surface area (Å²) in [6.45, 7) is 4.20. The van der Waals surface area contributed by atoms with Gasteiger partial charge in [-0.25, -0.2) is 8.42 Å². The number of nitrogens with one attached hydrogen (secondary N) is 1. The van der Waals surface area contributed by atoms with Crippen molar-refractivity contribution < 1.29 is 13.2 Å². The first-order chi connectivity index (χ1) is 11.0. The zero-order valence-electron chi connectivity index (χ0n) is 13.9. The Bertz CT molecular complexity index is 646. The molecule has 2 fully saturated rings. The Morgan fingerprint density at radius 2 is 1.96 bits per heavy atom. The summed E-state index contributed by atoms with van der Waals surface area (Å²) in [5.74, 6) is 1.03. The van der Waals surface area contributed by atoms with Gasteiger partial charge in [0.05, 0.1) is 7.11 Å². The van der Waals surface area contributed by atoms with Gasteiger partial charge in [-0.15, -0.1) is 0 Å². The molecule has 0 saturated carbocycles. The van der Waals surface area contributed by atoms with Crippen LogP contribution in [0.15, 0.2) is 23.1 Å². The Morgan fingerprint density at radius 3 is 2.57 bits per heavy atom. The maximum Gasteiger partial charge on any atom is 0.246 e. The monoisotopic (exact) mass is 338 g/mol. The molecule has 2 aliphatic heterocycles. The number of ether oxygens (including phenoxy) is 1. The van der Waals surface area contributed by atoms with E-state index in [0.29, 0.717) is 30.8 Å². The van der Waals surface area contributed by atoms with Gasteiger partial charge in [0.1, 0.15) is 10.6 Å². The van der Waals surface area contributed by atoms with Crippen molar-refractivity contribution in [3.8, 4) is 5.75 Å². The second-order valence-corrected chi connectivity index (χ2v) is 8.51. The zero-order valence-corrected chi connectivity index (χ0v) is 14.7. The molecule has 3 rings (SSSR count). The largest absolute Gasteiger partial charge is 0.495 e. The molecule has 0 aromatic heterocycles. The van der Waals surface area contributed by atoms with Crippen LogP contribution in [-0.2, 0) is 10.0 Å². The van der Waals surface area contributed by atoms with Crippen LogP contribution in [-0.4, -0.2) is 45.5 Å². The zero-order chi connectivity index (χ0) is 16.4. The molecule has 1 atom stereocenters. The molecule has 5 nitrogen and oxygen atoms in total. The molecule has 0 aliphatic carbocycles. The standard InChI is InChI=1S/C17H26N2O3S/c1-13-5-6-16(22-2)17(12-13)23(20,21)19-10-7-14(8-11-19)15-4-3-9-18-15/h5-6,12,14-15,18H,3-4,7-11H2,1-2H3. The first-order valence-corrected chi connectivity index (χ1v) is 9.84. The summed E-state index contributed by atoms with van der Waals surface area (Å²) >= 11 is 0. The van der Waals surface area contributed by atoms with Gasteiger partial charge in [-0.1, -0.05) is 6.07 Å². The number of hydrogen-bond acceptors (Lipinski definition) is 4. The van der Waals surface area contributed by atoms with Crippen molar-refractivity contribution in [2.45, 2.75) is 43.5 Å². The van der Waals surface area contributed by atoms with Gasteiger partial charge in [0.25, 0.3) is 0 Å². The molecule has 2 heterocycles. The highest BCUT2D eigenvalue weighted by Gasteiger charge is 2.34. The van der Waals surface area contributed by atoms with Crippen molar-refractivity contribution >= 4 is 10.0 Å². The number of benzene rings is 1. The Kier molecular flexibility index (Phi) is 4.94. The molecule has 0 bridgehead atoms. The molecule has 0 amide bonds. The molecule has 0 spiro atoms.